The van der Waals surface area contributed by atoms with Crippen molar-refractivity contribution < 1.29 is 13.2 Å². The molecule has 4 N–H and O–H groups in total. The SMILES string of the molecule is NC(=O)Cc1ccc(NS(=O)(=O)c2ccc(=O)[nH]c2)cc1. The first-order valence-electron chi connectivity index (χ1n) is 5.96. The Bertz CT molecular complexity index is 790. The Morgan fingerprint density at radius 2 is 1.81 bits per heavy atom. The molecule has 0 saturated carbocycles. The number of pyridine rings is 1. The molecule has 110 valence electrons. The van der Waals surface area contributed by atoms with E-state index in [0.717, 1.165) is 12.3 Å². The predicted octanol–water partition coefficient (Wildman–Crippen LogP) is 0.203. The van der Waals surface area contributed by atoms with Crippen molar-refractivity contribution in [3.8, 4) is 0 Å². The van der Waals surface area contributed by atoms with Crippen LogP contribution in [0.5, 0.6) is 0 Å². The fourth-order valence-electron chi connectivity index (χ4n) is 1.67. The number of benzene rings is 1. The van der Waals surface area contributed by atoms with Crippen LogP contribution in [0.25, 0.3) is 0 Å². The predicted molar refractivity (Wildman–Crippen MR) is 77.2 cm³/mol. The molecule has 0 aliphatic rings. The molecule has 0 fully saturated rings. The highest BCUT2D eigenvalue weighted by molar-refractivity contribution is 7.92. The van der Waals surface area contributed by atoms with Crippen LogP contribution in [0.4, 0.5) is 5.69 Å². The van der Waals surface area contributed by atoms with Crippen LogP contribution >= 0.6 is 0 Å². The average molecular weight is 307 g/mol. The smallest absolute Gasteiger partial charge is 0.263 e. The molecule has 1 heterocycles. The van der Waals surface area contributed by atoms with Gasteiger partial charge in [-0.1, -0.05) is 12.1 Å². The summed E-state index contributed by atoms with van der Waals surface area (Å²) in [5.74, 6) is -0.462. The summed E-state index contributed by atoms with van der Waals surface area (Å²) in [5.41, 5.74) is 5.72. The van der Waals surface area contributed by atoms with Gasteiger partial charge < -0.3 is 10.7 Å². The average Bonchev–Trinajstić information content (AvgIpc) is 2.40. The molecule has 0 bridgehead atoms. The molecule has 2 aromatic rings. The molecule has 8 heteroatoms. The van der Waals surface area contributed by atoms with E-state index in [1.165, 1.54) is 18.2 Å². The topological polar surface area (TPSA) is 122 Å². The number of aromatic nitrogens is 1. The lowest BCUT2D eigenvalue weighted by atomic mass is 10.1. The number of anilines is 1. The minimum absolute atomic E-state index is 0.0525. The van der Waals surface area contributed by atoms with Crippen molar-refractivity contribution in [1.29, 1.82) is 0 Å². The van der Waals surface area contributed by atoms with Gasteiger partial charge in [-0.15, -0.1) is 0 Å². The number of carbonyl (C=O) groups excluding carboxylic acids is 1. The molecule has 0 radical (unpaired) electrons. The Kier molecular flexibility index (Phi) is 4.08. The number of primary amides is 1. The fraction of sp³-hybridized carbons (Fsp3) is 0.0769. The van der Waals surface area contributed by atoms with Gasteiger partial charge in [0.25, 0.3) is 10.0 Å². The van der Waals surface area contributed by atoms with Crippen LogP contribution < -0.4 is 16.0 Å². The molecule has 1 amide bonds. The second-order valence-corrected chi connectivity index (χ2v) is 6.02. The number of nitrogens with one attached hydrogen (secondary N) is 2. The normalized spacial score (nSPS) is 11.0. The van der Waals surface area contributed by atoms with Crippen LogP contribution in [-0.4, -0.2) is 19.3 Å². The zero-order valence-corrected chi connectivity index (χ0v) is 11.7. The monoisotopic (exact) mass is 307 g/mol. The third kappa shape index (κ3) is 3.93. The van der Waals surface area contributed by atoms with Crippen LogP contribution in [0.3, 0.4) is 0 Å². The third-order valence-corrected chi connectivity index (χ3v) is 4.03. The zero-order valence-electron chi connectivity index (χ0n) is 10.9. The van der Waals surface area contributed by atoms with Gasteiger partial charge in [0.15, 0.2) is 0 Å². The van der Waals surface area contributed by atoms with Crippen molar-refractivity contribution in [2.24, 2.45) is 5.73 Å². The highest BCUT2D eigenvalue weighted by atomic mass is 32.2. The zero-order chi connectivity index (χ0) is 15.5. The Morgan fingerprint density at radius 1 is 1.14 bits per heavy atom. The highest BCUT2D eigenvalue weighted by Crippen LogP contribution is 2.15. The van der Waals surface area contributed by atoms with Crippen molar-refractivity contribution >= 4 is 21.6 Å². The second kappa shape index (κ2) is 5.80. The number of rotatable bonds is 5. The van der Waals surface area contributed by atoms with Crippen LogP contribution in [0.2, 0.25) is 0 Å². The summed E-state index contributed by atoms with van der Waals surface area (Å²) >= 11 is 0. The molecular weight excluding hydrogens is 294 g/mol. The maximum atomic E-state index is 12.1. The summed E-state index contributed by atoms with van der Waals surface area (Å²) in [6.45, 7) is 0. The standard InChI is InChI=1S/C13H13N3O4S/c14-12(17)7-9-1-3-10(4-2-9)16-21(19,20)11-5-6-13(18)15-8-11/h1-6,8,16H,7H2,(H2,14,17)(H,15,18). The lowest BCUT2D eigenvalue weighted by molar-refractivity contribution is -0.117. The number of carbonyl (C=O) groups is 1. The van der Waals surface area contributed by atoms with Gasteiger partial charge >= 0.3 is 0 Å². The Morgan fingerprint density at radius 3 is 2.33 bits per heavy atom. The van der Waals surface area contributed by atoms with Crippen LogP contribution in [0.15, 0.2) is 52.3 Å². The lowest BCUT2D eigenvalue weighted by Gasteiger charge is -2.08. The maximum absolute atomic E-state index is 12.1. The molecule has 1 aromatic heterocycles. The molecule has 0 aliphatic carbocycles. The summed E-state index contributed by atoms with van der Waals surface area (Å²) in [4.78, 5) is 23.9. The van der Waals surface area contributed by atoms with E-state index in [2.05, 4.69) is 9.71 Å². The summed E-state index contributed by atoms with van der Waals surface area (Å²) in [7, 11) is -3.78. The van der Waals surface area contributed by atoms with Gasteiger partial charge in [-0.05, 0) is 23.8 Å². The third-order valence-electron chi connectivity index (χ3n) is 2.65. The number of aromatic amines is 1. The van der Waals surface area contributed by atoms with Gasteiger partial charge in [-0.25, -0.2) is 8.42 Å². The Balaban J connectivity index is 2.18. The van der Waals surface area contributed by atoms with Crippen molar-refractivity contribution in [1.82, 2.24) is 4.98 Å². The van der Waals surface area contributed by atoms with Crippen molar-refractivity contribution in [3.63, 3.8) is 0 Å². The van der Waals surface area contributed by atoms with Gasteiger partial charge in [0, 0.05) is 18.0 Å². The first kappa shape index (κ1) is 14.8. The number of hydrogen-bond donors (Lipinski definition) is 3. The van der Waals surface area contributed by atoms with Gasteiger partial charge in [0.05, 0.1) is 6.42 Å². The number of hydrogen-bond acceptors (Lipinski definition) is 4. The molecule has 21 heavy (non-hydrogen) atoms. The molecule has 2 rings (SSSR count). The van der Waals surface area contributed by atoms with Gasteiger partial charge in [0.1, 0.15) is 4.90 Å². The van der Waals surface area contributed by atoms with E-state index in [1.807, 2.05) is 0 Å². The number of amides is 1. The summed E-state index contributed by atoms with van der Waals surface area (Å²) in [6.07, 6.45) is 1.21. The second-order valence-electron chi connectivity index (χ2n) is 4.33. The van der Waals surface area contributed by atoms with E-state index < -0.39 is 15.9 Å². The van der Waals surface area contributed by atoms with Crippen LogP contribution in [-0.2, 0) is 21.2 Å². The van der Waals surface area contributed by atoms with E-state index >= 15 is 0 Å². The molecule has 0 unspecified atom stereocenters. The maximum Gasteiger partial charge on any atom is 0.263 e. The fourth-order valence-corrected chi connectivity index (χ4v) is 2.69. The number of sulfonamides is 1. The van der Waals surface area contributed by atoms with Gasteiger partial charge in [0.2, 0.25) is 11.5 Å². The molecule has 7 nitrogen and oxygen atoms in total. The quantitative estimate of drug-likeness (QED) is 0.730. The number of nitrogens with two attached hydrogens (primary N) is 1. The minimum atomic E-state index is -3.78. The van der Waals surface area contributed by atoms with E-state index in [1.54, 1.807) is 12.1 Å². The van der Waals surface area contributed by atoms with E-state index in [9.17, 15) is 18.0 Å². The first-order valence-corrected chi connectivity index (χ1v) is 7.44. The van der Waals surface area contributed by atoms with Crippen molar-refractivity contribution in [2.75, 3.05) is 4.72 Å². The van der Waals surface area contributed by atoms with E-state index in [4.69, 9.17) is 5.73 Å². The van der Waals surface area contributed by atoms with Crippen LogP contribution in [0, 0.1) is 0 Å². The Labute approximate surface area is 120 Å². The summed E-state index contributed by atoms with van der Waals surface area (Å²) in [6, 6.07) is 8.61. The molecule has 0 spiro atoms. The summed E-state index contributed by atoms with van der Waals surface area (Å²) < 4.78 is 26.5. The van der Waals surface area contributed by atoms with E-state index in [0.29, 0.717) is 11.3 Å². The minimum Gasteiger partial charge on any atom is -0.369 e. The van der Waals surface area contributed by atoms with Crippen molar-refractivity contribution in [3.05, 3.63) is 58.5 Å². The molecule has 1 aromatic carbocycles. The molecule has 0 atom stereocenters. The molecule has 0 aliphatic heterocycles. The lowest BCUT2D eigenvalue weighted by Crippen LogP contribution is -2.15. The first-order chi connectivity index (χ1) is 9.87. The van der Waals surface area contributed by atoms with Gasteiger partial charge in [-0.3, -0.25) is 14.3 Å². The molecular formula is C13H13N3O4S. The van der Waals surface area contributed by atoms with Crippen molar-refractivity contribution in [2.45, 2.75) is 11.3 Å². The largest absolute Gasteiger partial charge is 0.369 e. The summed E-state index contributed by atoms with van der Waals surface area (Å²) in [5, 5.41) is 0. The van der Waals surface area contributed by atoms with Gasteiger partial charge in [-0.2, -0.15) is 0 Å². The van der Waals surface area contributed by atoms with Crippen LogP contribution in [0.1, 0.15) is 5.56 Å². The Hall–Kier alpha value is -2.61. The van der Waals surface area contributed by atoms with E-state index in [-0.39, 0.29) is 16.9 Å². The highest BCUT2D eigenvalue weighted by Gasteiger charge is 2.14. The molecule has 0 saturated heterocycles. The number of H-pyrrole nitrogens is 1.